The van der Waals surface area contributed by atoms with E-state index in [1.807, 2.05) is 45.2 Å². The molecule has 1 aliphatic rings. The summed E-state index contributed by atoms with van der Waals surface area (Å²) < 4.78 is 45.3. The molecule has 2 aromatic rings. The van der Waals surface area contributed by atoms with E-state index in [0.29, 0.717) is 50.9 Å². The molecule has 4 nitrogen and oxygen atoms in total. The maximum absolute atomic E-state index is 13.2. The molecule has 1 heterocycles. The van der Waals surface area contributed by atoms with E-state index < -0.39 is 17.3 Å². The molecule has 0 unspecified atom stereocenters. The molecule has 1 fully saturated rings. The van der Waals surface area contributed by atoms with Gasteiger partial charge in [-0.2, -0.15) is 13.2 Å². The Morgan fingerprint density at radius 1 is 1.06 bits per heavy atom. The summed E-state index contributed by atoms with van der Waals surface area (Å²) in [7, 11) is 2.01. The van der Waals surface area contributed by atoms with Gasteiger partial charge in [-0.05, 0) is 75.4 Å². The van der Waals surface area contributed by atoms with E-state index in [9.17, 15) is 18.3 Å². The van der Waals surface area contributed by atoms with Crippen molar-refractivity contribution in [2.45, 2.75) is 57.4 Å². The summed E-state index contributed by atoms with van der Waals surface area (Å²) in [5, 5.41) is 11.0. The molecule has 1 saturated heterocycles. The van der Waals surface area contributed by atoms with Crippen LogP contribution >= 0.6 is 0 Å². The van der Waals surface area contributed by atoms with Crippen molar-refractivity contribution in [3.8, 4) is 5.75 Å². The van der Waals surface area contributed by atoms with Crippen molar-refractivity contribution in [3.05, 3.63) is 59.7 Å². The first-order valence-electron chi connectivity index (χ1n) is 11.6. The number of benzene rings is 2. The Kier molecular flexibility index (Phi) is 8.29. The molecule has 182 valence electrons. The van der Waals surface area contributed by atoms with Crippen LogP contribution in [-0.2, 0) is 12.6 Å². The van der Waals surface area contributed by atoms with Crippen LogP contribution in [0.15, 0.2) is 48.5 Å². The summed E-state index contributed by atoms with van der Waals surface area (Å²) in [6.45, 7) is 6.65. The highest BCUT2D eigenvalue weighted by atomic mass is 19.4. The normalized spacial score (nSPS) is 16.7. The number of nitrogens with zero attached hydrogens (tertiary/aromatic N) is 2. The van der Waals surface area contributed by atoms with Crippen LogP contribution in [-0.4, -0.2) is 54.9 Å². The number of anilines is 1. The SMILES string of the molecule is CC(C)Oc1ccc(N(C)CCC2(O)CCN(CCc3ccccc3C(F)(F)F)CC2)cc1. The smallest absolute Gasteiger partial charge is 0.416 e. The van der Waals surface area contributed by atoms with E-state index in [-0.39, 0.29) is 6.10 Å². The largest absolute Gasteiger partial charge is 0.491 e. The second-order valence-corrected chi connectivity index (χ2v) is 9.30. The van der Waals surface area contributed by atoms with Crippen molar-refractivity contribution in [2.75, 3.05) is 38.1 Å². The summed E-state index contributed by atoms with van der Waals surface area (Å²) in [6, 6.07) is 13.7. The van der Waals surface area contributed by atoms with Crippen LogP contribution in [0.2, 0.25) is 0 Å². The molecular weight excluding hydrogens is 429 g/mol. The molecule has 0 bridgehead atoms. The van der Waals surface area contributed by atoms with Crippen LogP contribution in [0, 0.1) is 0 Å². The molecule has 7 heteroatoms. The van der Waals surface area contributed by atoms with Gasteiger partial charge in [0.15, 0.2) is 0 Å². The second-order valence-electron chi connectivity index (χ2n) is 9.30. The predicted molar refractivity (Wildman–Crippen MR) is 126 cm³/mol. The van der Waals surface area contributed by atoms with Crippen molar-refractivity contribution >= 4 is 5.69 Å². The van der Waals surface area contributed by atoms with E-state index in [1.54, 1.807) is 12.1 Å². The molecule has 2 aromatic carbocycles. The van der Waals surface area contributed by atoms with Crippen LogP contribution in [0.1, 0.15) is 44.2 Å². The number of aliphatic hydroxyl groups is 1. The zero-order valence-electron chi connectivity index (χ0n) is 19.7. The number of halogens is 3. The van der Waals surface area contributed by atoms with Gasteiger partial charge in [0, 0.05) is 38.9 Å². The first-order valence-corrected chi connectivity index (χ1v) is 11.6. The molecule has 0 aliphatic carbocycles. The number of piperidine rings is 1. The fourth-order valence-electron chi connectivity index (χ4n) is 4.29. The van der Waals surface area contributed by atoms with Crippen LogP contribution in [0.3, 0.4) is 0 Å². The molecule has 3 rings (SSSR count). The fourth-order valence-corrected chi connectivity index (χ4v) is 4.29. The van der Waals surface area contributed by atoms with E-state index in [0.717, 1.165) is 24.0 Å². The second kappa shape index (κ2) is 10.8. The number of hydrogen-bond donors (Lipinski definition) is 1. The van der Waals surface area contributed by atoms with Crippen LogP contribution in [0.5, 0.6) is 5.75 Å². The molecule has 0 atom stereocenters. The number of hydrogen-bond acceptors (Lipinski definition) is 4. The highest BCUT2D eigenvalue weighted by Crippen LogP contribution is 2.32. The molecule has 33 heavy (non-hydrogen) atoms. The lowest BCUT2D eigenvalue weighted by Gasteiger charge is -2.39. The minimum atomic E-state index is -4.33. The van der Waals surface area contributed by atoms with Crippen molar-refractivity contribution in [1.82, 2.24) is 4.90 Å². The van der Waals surface area contributed by atoms with Crippen molar-refractivity contribution in [1.29, 1.82) is 0 Å². The molecule has 0 amide bonds. The summed E-state index contributed by atoms with van der Waals surface area (Å²) in [5.74, 6) is 0.839. The minimum absolute atomic E-state index is 0.132. The third-order valence-electron chi connectivity index (χ3n) is 6.37. The Labute approximate surface area is 195 Å². The van der Waals surface area contributed by atoms with Crippen LogP contribution in [0.25, 0.3) is 0 Å². The van der Waals surface area contributed by atoms with Gasteiger partial charge < -0.3 is 19.6 Å². The van der Waals surface area contributed by atoms with Crippen LogP contribution in [0.4, 0.5) is 18.9 Å². The van der Waals surface area contributed by atoms with Gasteiger partial charge in [-0.3, -0.25) is 0 Å². The van der Waals surface area contributed by atoms with Gasteiger partial charge in [0.25, 0.3) is 0 Å². The number of rotatable bonds is 9. The Bertz CT molecular complexity index is 876. The molecule has 1 aliphatic heterocycles. The van der Waals surface area contributed by atoms with E-state index in [2.05, 4.69) is 9.80 Å². The Hall–Kier alpha value is -2.25. The van der Waals surface area contributed by atoms with Gasteiger partial charge in [-0.25, -0.2) is 0 Å². The lowest BCUT2D eigenvalue weighted by molar-refractivity contribution is -0.138. The third-order valence-corrected chi connectivity index (χ3v) is 6.37. The third kappa shape index (κ3) is 7.37. The van der Waals surface area contributed by atoms with Gasteiger partial charge >= 0.3 is 6.18 Å². The summed E-state index contributed by atoms with van der Waals surface area (Å²) >= 11 is 0. The minimum Gasteiger partial charge on any atom is -0.491 e. The molecule has 0 aromatic heterocycles. The van der Waals surface area contributed by atoms with Gasteiger partial charge in [0.2, 0.25) is 0 Å². The maximum atomic E-state index is 13.2. The fraction of sp³-hybridized carbons (Fsp3) is 0.538. The topological polar surface area (TPSA) is 35.9 Å². The molecular formula is C26H35F3N2O2. The zero-order valence-corrected chi connectivity index (χ0v) is 19.7. The Morgan fingerprint density at radius 3 is 2.30 bits per heavy atom. The lowest BCUT2D eigenvalue weighted by Crippen LogP contribution is -2.46. The summed E-state index contributed by atoms with van der Waals surface area (Å²) in [5.41, 5.74) is 0.105. The van der Waals surface area contributed by atoms with Crippen molar-refractivity contribution in [2.24, 2.45) is 0 Å². The molecule has 1 N–H and O–H groups in total. The molecule has 0 radical (unpaired) electrons. The van der Waals surface area contributed by atoms with Gasteiger partial charge in [0.05, 0.1) is 17.3 Å². The average Bonchev–Trinajstić information content (AvgIpc) is 2.77. The number of likely N-dealkylation sites (tertiary alicyclic amines) is 1. The highest BCUT2D eigenvalue weighted by Gasteiger charge is 2.34. The first kappa shape index (κ1) is 25.4. The van der Waals surface area contributed by atoms with Gasteiger partial charge in [-0.15, -0.1) is 0 Å². The van der Waals surface area contributed by atoms with E-state index >= 15 is 0 Å². The predicted octanol–water partition coefficient (Wildman–Crippen LogP) is 5.39. The number of ether oxygens (including phenoxy) is 1. The van der Waals surface area contributed by atoms with Crippen molar-refractivity contribution < 1.29 is 23.0 Å². The molecule has 0 spiro atoms. The highest BCUT2D eigenvalue weighted by molar-refractivity contribution is 5.48. The first-order chi connectivity index (χ1) is 15.6. The summed E-state index contributed by atoms with van der Waals surface area (Å²) in [6.07, 6.45) is -1.93. The Morgan fingerprint density at radius 2 is 1.70 bits per heavy atom. The quantitative estimate of drug-likeness (QED) is 0.540. The Balaban J connectivity index is 1.45. The number of alkyl halides is 3. The summed E-state index contributed by atoms with van der Waals surface area (Å²) in [4.78, 5) is 4.27. The van der Waals surface area contributed by atoms with Gasteiger partial charge in [0.1, 0.15) is 5.75 Å². The zero-order chi connectivity index (χ0) is 24.1. The van der Waals surface area contributed by atoms with Crippen LogP contribution < -0.4 is 9.64 Å². The monoisotopic (exact) mass is 464 g/mol. The standard InChI is InChI=1S/C26H35F3N2O2/c1-20(2)33-23-10-8-22(9-11-23)30(3)17-13-25(32)14-18-31(19-15-25)16-12-21-6-4-5-7-24(21)26(27,28)29/h4-11,20,32H,12-19H2,1-3H3. The van der Waals surface area contributed by atoms with Gasteiger partial charge in [-0.1, -0.05) is 18.2 Å². The lowest BCUT2D eigenvalue weighted by atomic mass is 9.87. The molecule has 0 saturated carbocycles. The van der Waals surface area contributed by atoms with Crippen molar-refractivity contribution in [3.63, 3.8) is 0 Å². The van der Waals surface area contributed by atoms with E-state index in [4.69, 9.17) is 4.74 Å². The van der Waals surface area contributed by atoms with E-state index in [1.165, 1.54) is 6.07 Å². The average molecular weight is 465 g/mol. The maximum Gasteiger partial charge on any atom is 0.416 e.